The molecule has 0 saturated heterocycles. The Hall–Kier alpha value is -1.68. The molecule has 8 heteroatoms. The summed E-state index contributed by atoms with van der Waals surface area (Å²) in [6.07, 6.45) is 2.53. The molecule has 2 aromatic carbocycles. The lowest BCUT2D eigenvalue weighted by atomic mass is 9.96. The van der Waals surface area contributed by atoms with E-state index in [9.17, 15) is 12.8 Å². The minimum atomic E-state index is -3.14. The van der Waals surface area contributed by atoms with E-state index in [4.69, 9.17) is 0 Å². The molecular formula is C22H29FIN3O2S. The quantitative estimate of drug-likeness (QED) is 0.219. The number of benzene rings is 2. The molecule has 0 aliphatic heterocycles. The number of sulfone groups is 1. The minimum absolute atomic E-state index is 0. The summed E-state index contributed by atoms with van der Waals surface area (Å²) in [4.78, 5) is 4.20. The van der Waals surface area contributed by atoms with E-state index in [0.717, 1.165) is 24.0 Å². The van der Waals surface area contributed by atoms with Gasteiger partial charge >= 0.3 is 0 Å². The van der Waals surface area contributed by atoms with Crippen molar-refractivity contribution in [3.63, 3.8) is 0 Å². The molecule has 2 N–H and O–H groups in total. The van der Waals surface area contributed by atoms with Crippen molar-refractivity contribution in [2.45, 2.75) is 30.4 Å². The van der Waals surface area contributed by atoms with Gasteiger partial charge in [-0.1, -0.05) is 42.5 Å². The molecule has 2 aromatic rings. The van der Waals surface area contributed by atoms with Gasteiger partial charge in [-0.2, -0.15) is 0 Å². The number of nitrogens with zero attached hydrogens (tertiary/aromatic N) is 1. The number of guanidine groups is 1. The number of rotatable bonds is 9. The minimum Gasteiger partial charge on any atom is -0.356 e. The molecule has 164 valence electrons. The van der Waals surface area contributed by atoms with Gasteiger partial charge in [-0.05, 0) is 42.5 Å². The Bertz CT molecular complexity index is 948. The first-order valence-corrected chi connectivity index (χ1v) is 11.7. The fraction of sp³-hybridized carbons (Fsp3) is 0.409. The van der Waals surface area contributed by atoms with Crippen LogP contribution in [0, 0.1) is 5.82 Å². The van der Waals surface area contributed by atoms with Crippen molar-refractivity contribution in [3.05, 3.63) is 71.5 Å². The fourth-order valence-corrected chi connectivity index (χ4v) is 4.84. The van der Waals surface area contributed by atoms with Crippen LogP contribution in [0.2, 0.25) is 0 Å². The van der Waals surface area contributed by atoms with Crippen LogP contribution in [0.5, 0.6) is 0 Å². The van der Waals surface area contributed by atoms with E-state index in [1.807, 2.05) is 36.4 Å². The molecule has 1 aliphatic rings. The van der Waals surface area contributed by atoms with E-state index < -0.39 is 9.84 Å². The van der Waals surface area contributed by atoms with Crippen molar-refractivity contribution in [1.29, 1.82) is 0 Å². The number of halogens is 2. The lowest BCUT2D eigenvalue weighted by Gasteiger charge is -2.19. The number of aliphatic imine (C=N–C) groups is 1. The maximum Gasteiger partial charge on any atom is 0.191 e. The number of hydrogen-bond acceptors (Lipinski definition) is 3. The second kappa shape index (κ2) is 11.1. The summed E-state index contributed by atoms with van der Waals surface area (Å²) in [7, 11) is -1.46. The first-order valence-electron chi connectivity index (χ1n) is 9.87. The second-order valence-electron chi connectivity index (χ2n) is 7.57. The smallest absolute Gasteiger partial charge is 0.191 e. The molecule has 5 nitrogen and oxygen atoms in total. The van der Waals surface area contributed by atoms with Crippen molar-refractivity contribution in [3.8, 4) is 0 Å². The van der Waals surface area contributed by atoms with Crippen LogP contribution in [0.1, 0.15) is 30.4 Å². The van der Waals surface area contributed by atoms with Crippen molar-refractivity contribution in [2.75, 3.05) is 25.9 Å². The zero-order chi connectivity index (χ0) is 20.7. The molecule has 0 amide bonds. The van der Waals surface area contributed by atoms with Gasteiger partial charge < -0.3 is 10.6 Å². The van der Waals surface area contributed by atoms with E-state index in [1.54, 1.807) is 19.2 Å². The molecule has 0 aromatic heterocycles. The van der Waals surface area contributed by atoms with Crippen LogP contribution < -0.4 is 10.6 Å². The highest BCUT2D eigenvalue weighted by Gasteiger charge is 2.44. The van der Waals surface area contributed by atoms with Gasteiger partial charge in [-0.25, -0.2) is 12.8 Å². The third kappa shape index (κ3) is 7.23. The fourth-order valence-electron chi connectivity index (χ4n) is 3.41. The van der Waals surface area contributed by atoms with E-state index in [1.165, 1.54) is 6.07 Å². The maximum atomic E-state index is 13.5. The number of nitrogens with one attached hydrogen (secondary N) is 2. The maximum absolute atomic E-state index is 13.5. The van der Waals surface area contributed by atoms with Crippen molar-refractivity contribution in [2.24, 2.45) is 4.99 Å². The van der Waals surface area contributed by atoms with Gasteiger partial charge in [0.05, 0.1) is 11.5 Å². The molecule has 1 fully saturated rings. The summed E-state index contributed by atoms with van der Waals surface area (Å²) < 4.78 is 38.0. The van der Waals surface area contributed by atoms with Crippen molar-refractivity contribution >= 4 is 39.8 Å². The average Bonchev–Trinajstić information content (AvgIpc) is 3.49. The lowest BCUT2D eigenvalue weighted by Crippen LogP contribution is -2.41. The van der Waals surface area contributed by atoms with Gasteiger partial charge in [0.1, 0.15) is 5.82 Å². The van der Waals surface area contributed by atoms with Crippen LogP contribution in [-0.4, -0.2) is 40.3 Å². The molecular weight excluding hydrogens is 516 g/mol. The van der Waals surface area contributed by atoms with Crippen LogP contribution in [0.25, 0.3) is 0 Å². The Morgan fingerprint density at radius 2 is 1.83 bits per heavy atom. The summed E-state index contributed by atoms with van der Waals surface area (Å²) in [5.74, 6) is 0.608. The van der Waals surface area contributed by atoms with Gasteiger partial charge in [0.25, 0.3) is 0 Å². The number of hydrogen-bond donors (Lipinski definition) is 2. The summed E-state index contributed by atoms with van der Waals surface area (Å²) >= 11 is 0. The van der Waals surface area contributed by atoms with E-state index in [-0.39, 0.29) is 46.7 Å². The largest absolute Gasteiger partial charge is 0.356 e. The standard InChI is InChI=1S/C22H28FN3O2S.HI/c1-24-21(26-17-22(11-12-22)19-9-5-10-20(23)15-19)25-13-6-14-29(27,28)16-18-7-3-2-4-8-18;/h2-5,7-10,15H,6,11-14,16-17H2,1H3,(H2,24,25,26);1H. The third-order valence-electron chi connectivity index (χ3n) is 5.26. The highest BCUT2D eigenvalue weighted by atomic mass is 127. The van der Waals surface area contributed by atoms with E-state index >= 15 is 0 Å². The van der Waals surface area contributed by atoms with Crippen LogP contribution in [-0.2, 0) is 21.0 Å². The van der Waals surface area contributed by atoms with Crippen molar-refractivity contribution < 1.29 is 12.8 Å². The lowest BCUT2D eigenvalue weighted by molar-refractivity contribution is 0.590. The molecule has 3 rings (SSSR count). The van der Waals surface area contributed by atoms with Crippen LogP contribution in [0.3, 0.4) is 0 Å². The van der Waals surface area contributed by atoms with Gasteiger partial charge in [-0.15, -0.1) is 24.0 Å². The highest BCUT2D eigenvalue weighted by Crippen LogP contribution is 2.47. The Labute approximate surface area is 195 Å². The zero-order valence-electron chi connectivity index (χ0n) is 17.1. The molecule has 1 saturated carbocycles. The Morgan fingerprint density at radius 1 is 1.10 bits per heavy atom. The average molecular weight is 545 g/mol. The first-order chi connectivity index (χ1) is 13.9. The van der Waals surface area contributed by atoms with Gasteiger partial charge in [-0.3, -0.25) is 4.99 Å². The van der Waals surface area contributed by atoms with Crippen LogP contribution >= 0.6 is 24.0 Å². The Balaban J connectivity index is 0.00000320. The normalized spacial score (nSPS) is 15.2. The topological polar surface area (TPSA) is 70.6 Å². The Kier molecular flexibility index (Phi) is 9.09. The van der Waals surface area contributed by atoms with Gasteiger partial charge in [0.2, 0.25) is 0 Å². The van der Waals surface area contributed by atoms with Gasteiger partial charge in [0.15, 0.2) is 15.8 Å². The molecule has 0 bridgehead atoms. The summed E-state index contributed by atoms with van der Waals surface area (Å²) in [6, 6.07) is 16.0. The molecule has 0 atom stereocenters. The summed E-state index contributed by atoms with van der Waals surface area (Å²) in [5, 5.41) is 6.46. The van der Waals surface area contributed by atoms with E-state index in [0.29, 0.717) is 25.5 Å². The van der Waals surface area contributed by atoms with Crippen LogP contribution in [0.4, 0.5) is 4.39 Å². The molecule has 0 unspecified atom stereocenters. The van der Waals surface area contributed by atoms with Gasteiger partial charge in [0, 0.05) is 25.6 Å². The Morgan fingerprint density at radius 3 is 2.47 bits per heavy atom. The SMILES string of the molecule is CN=C(NCCCS(=O)(=O)Cc1ccccc1)NCC1(c2cccc(F)c2)CC1.I. The molecule has 1 aliphatic carbocycles. The second-order valence-corrected chi connectivity index (χ2v) is 9.76. The molecule has 0 spiro atoms. The van der Waals surface area contributed by atoms with Crippen molar-refractivity contribution in [1.82, 2.24) is 10.6 Å². The summed E-state index contributed by atoms with van der Waals surface area (Å²) in [6.45, 7) is 1.18. The first kappa shape index (κ1) is 24.6. The monoisotopic (exact) mass is 545 g/mol. The molecule has 30 heavy (non-hydrogen) atoms. The zero-order valence-corrected chi connectivity index (χ0v) is 20.3. The van der Waals surface area contributed by atoms with Crippen LogP contribution in [0.15, 0.2) is 59.6 Å². The van der Waals surface area contributed by atoms with E-state index in [2.05, 4.69) is 15.6 Å². The summed E-state index contributed by atoms with van der Waals surface area (Å²) in [5.41, 5.74) is 1.77. The predicted molar refractivity (Wildman–Crippen MR) is 131 cm³/mol. The predicted octanol–water partition coefficient (Wildman–Crippen LogP) is 3.65. The third-order valence-corrected chi connectivity index (χ3v) is 6.95. The highest BCUT2D eigenvalue weighted by molar-refractivity contribution is 14.0. The molecule has 0 heterocycles. The molecule has 0 radical (unpaired) electrons.